The average molecular weight is 334 g/mol. The van der Waals surface area contributed by atoms with Gasteiger partial charge < -0.3 is 26.6 Å². The smallest absolute Gasteiger partial charge is 0.326 e. The third-order valence-corrected chi connectivity index (χ3v) is 3.08. The summed E-state index contributed by atoms with van der Waals surface area (Å²) >= 11 is 0. The number of benzene rings is 1. The van der Waals surface area contributed by atoms with E-state index in [1.165, 1.54) is 6.08 Å². The molecule has 0 radical (unpaired) electrons. The molecule has 1 amide bonds. The zero-order valence-electron chi connectivity index (χ0n) is 13.4. The van der Waals surface area contributed by atoms with Crippen LogP contribution >= 0.6 is 0 Å². The van der Waals surface area contributed by atoms with Gasteiger partial charge in [-0.05, 0) is 36.6 Å². The van der Waals surface area contributed by atoms with Gasteiger partial charge in [0, 0.05) is 12.6 Å². The third-order valence-electron chi connectivity index (χ3n) is 3.08. The lowest BCUT2D eigenvalue weighted by Crippen LogP contribution is -2.40. The molecule has 0 aliphatic carbocycles. The van der Waals surface area contributed by atoms with Crippen molar-refractivity contribution in [3.05, 3.63) is 35.9 Å². The van der Waals surface area contributed by atoms with Crippen LogP contribution in [0.1, 0.15) is 18.4 Å². The molecule has 8 nitrogen and oxygen atoms in total. The van der Waals surface area contributed by atoms with E-state index in [9.17, 15) is 9.59 Å². The number of aliphatic carboxylic acids is 1. The number of nitrogens with zero attached hydrogens (tertiary/aromatic N) is 1. The van der Waals surface area contributed by atoms with Gasteiger partial charge in [0.05, 0.1) is 7.11 Å². The second-order valence-electron chi connectivity index (χ2n) is 4.96. The first-order valence-corrected chi connectivity index (χ1v) is 7.33. The van der Waals surface area contributed by atoms with Crippen molar-refractivity contribution in [2.24, 2.45) is 16.5 Å². The summed E-state index contributed by atoms with van der Waals surface area (Å²) in [5.74, 6) is -0.984. The van der Waals surface area contributed by atoms with Crippen LogP contribution in [0.5, 0.6) is 5.75 Å². The van der Waals surface area contributed by atoms with E-state index in [4.69, 9.17) is 21.3 Å². The number of nitrogens with two attached hydrogens (primary N) is 2. The zero-order valence-corrected chi connectivity index (χ0v) is 13.4. The van der Waals surface area contributed by atoms with Gasteiger partial charge in [0.15, 0.2) is 5.96 Å². The number of rotatable bonds is 9. The first-order valence-electron chi connectivity index (χ1n) is 7.33. The fourth-order valence-corrected chi connectivity index (χ4v) is 1.90. The lowest BCUT2D eigenvalue weighted by Gasteiger charge is -2.12. The Labute approximate surface area is 140 Å². The molecule has 0 aliphatic rings. The number of ether oxygens (including phenoxy) is 1. The molecule has 6 N–H and O–H groups in total. The standard InChI is InChI=1S/C16H22N4O4/c1-24-12-5-2-4-11(10-12)7-8-14(21)20-13(15(22)23)6-3-9-19-16(17)18/h2,4-5,7-8,10,13H,3,6,9H2,1H3,(H,20,21)(H,22,23)(H4,17,18,19)/b8-7+. The van der Waals surface area contributed by atoms with Crippen LogP contribution in [0, 0.1) is 0 Å². The molecule has 0 bridgehead atoms. The summed E-state index contributed by atoms with van der Waals surface area (Å²) in [6.07, 6.45) is 3.52. The monoisotopic (exact) mass is 334 g/mol. The SMILES string of the molecule is COc1cccc(/C=C/C(=O)NC(CCCN=C(N)N)C(=O)O)c1. The normalized spacial score (nSPS) is 11.7. The Balaban J connectivity index is 2.56. The highest BCUT2D eigenvalue weighted by atomic mass is 16.5. The van der Waals surface area contributed by atoms with E-state index in [-0.39, 0.29) is 12.4 Å². The van der Waals surface area contributed by atoms with Crippen LogP contribution < -0.4 is 21.5 Å². The number of hydrogen-bond acceptors (Lipinski definition) is 4. The second-order valence-corrected chi connectivity index (χ2v) is 4.96. The van der Waals surface area contributed by atoms with Gasteiger partial charge in [-0.1, -0.05) is 12.1 Å². The van der Waals surface area contributed by atoms with Crippen molar-refractivity contribution in [1.29, 1.82) is 0 Å². The molecule has 0 aliphatic heterocycles. The first kappa shape index (κ1) is 19.0. The fourth-order valence-electron chi connectivity index (χ4n) is 1.90. The molecule has 0 heterocycles. The summed E-state index contributed by atoms with van der Waals surface area (Å²) in [6, 6.07) is 6.14. The van der Waals surface area contributed by atoms with Gasteiger partial charge in [-0.25, -0.2) is 4.79 Å². The summed E-state index contributed by atoms with van der Waals surface area (Å²) in [4.78, 5) is 26.8. The predicted octanol–water partition coefficient (Wildman–Crippen LogP) is 0.331. The second kappa shape index (κ2) is 9.88. The van der Waals surface area contributed by atoms with Crippen molar-refractivity contribution >= 4 is 23.9 Å². The van der Waals surface area contributed by atoms with E-state index in [2.05, 4.69) is 10.3 Å². The average Bonchev–Trinajstić information content (AvgIpc) is 2.55. The molecule has 1 atom stereocenters. The Morgan fingerprint density at radius 1 is 1.42 bits per heavy atom. The van der Waals surface area contributed by atoms with Crippen molar-refractivity contribution in [3.63, 3.8) is 0 Å². The lowest BCUT2D eigenvalue weighted by molar-refractivity contribution is -0.141. The maximum Gasteiger partial charge on any atom is 0.326 e. The van der Waals surface area contributed by atoms with Gasteiger partial charge in [-0.3, -0.25) is 9.79 Å². The van der Waals surface area contributed by atoms with Crippen molar-refractivity contribution in [3.8, 4) is 5.75 Å². The molecule has 0 saturated heterocycles. The van der Waals surface area contributed by atoms with Crippen LogP contribution in [-0.4, -0.2) is 42.6 Å². The van der Waals surface area contributed by atoms with Gasteiger partial charge in [-0.15, -0.1) is 0 Å². The lowest BCUT2D eigenvalue weighted by atomic mass is 10.1. The van der Waals surface area contributed by atoms with Crippen molar-refractivity contribution in [2.75, 3.05) is 13.7 Å². The van der Waals surface area contributed by atoms with Gasteiger partial charge in [0.2, 0.25) is 5.91 Å². The summed E-state index contributed by atoms with van der Waals surface area (Å²) in [5.41, 5.74) is 11.1. The van der Waals surface area contributed by atoms with Gasteiger partial charge in [0.1, 0.15) is 11.8 Å². The van der Waals surface area contributed by atoms with E-state index in [1.807, 2.05) is 0 Å². The minimum Gasteiger partial charge on any atom is -0.497 e. The number of carboxylic acid groups (broad SMARTS) is 1. The minimum atomic E-state index is -1.11. The first-order chi connectivity index (χ1) is 11.4. The Morgan fingerprint density at radius 2 is 2.17 bits per heavy atom. The van der Waals surface area contributed by atoms with Crippen LogP contribution in [0.15, 0.2) is 35.3 Å². The highest BCUT2D eigenvalue weighted by Crippen LogP contribution is 2.13. The molecule has 0 saturated carbocycles. The molecule has 1 aromatic carbocycles. The number of carbonyl (C=O) groups excluding carboxylic acids is 1. The Hall–Kier alpha value is -3.03. The number of methoxy groups -OCH3 is 1. The van der Waals surface area contributed by atoms with E-state index < -0.39 is 17.9 Å². The van der Waals surface area contributed by atoms with Crippen LogP contribution in [-0.2, 0) is 9.59 Å². The molecular formula is C16H22N4O4. The fraction of sp³-hybridized carbons (Fsp3) is 0.312. The predicted molar refractivity (Wildman–Crippen MR) is 91.5 cm³/mol. The molecule has 1 rings (SSSR count). The number of nitrogens with one attached hydrogen (secondary N) is 1. The van der Waals surface area contributed by atoms with Crippen LogP contribution in [0.2, 0.25) is 0 Å². The number of hydrogen-bond donors (Lipinski definition) is 4. The summed E-state index contributed by atoms with van der Waals surface area (Å²) in [7, 11) is 1.55. The maximum absolute atomic E-state index is 11.9. The Kier molecular flexibility index (Phi) is 7.83. The van der Waals surface area contributed by atoms with Crippen molar-refractivity contribution < 1.29 is 19.4 Å². The molecular weight excluding hydrogens is 312 g/mol. The number of carbonyl (C=O) groups is 2. The Morgan fingerprint density at radius 3 is 2.79 bits per heavy atom. The van der Waals surface area contributed by atoms with Gasteiger partial charge in [-0.2, -0.15) is 0 Å². The van der Waals surface area contributed by atoms with Crippen LogP contribution in [0.3, 0.4) is 0 Å². The molecule has 0 fully saturated rings. The number of amides is 1. The molecule has 1 aromatic rings. The van der Waals surface area contributed by atoms with Gasteiger partial charge >= 0.3 is 5.97 Å². The summed E-state index contributed by atoms with van der Waals surface area (Å²) in [5, 5.41) is 11.6. The zero-order chi connectivity index (χ0) is 17.9. The summed E-state index contributed by atoms with van der Waals surface area (Å²) in [6.45, 7) is 0.307. The van der Waals surface area contributed by atoms with Crippen molar-refractivity contribution in [1.82, 2.24) is 5.32 Å². The number of aliphatic imine (C=N–C) groups is 1. The topological polar surface area (TPSA) is 140 Å². The number of guanidine groups is 1. The molecule has 130 valence electrons. The maximum atomic E-state index is 11.9. The van der Waals surface area contributed by atoms with E-state index in [0.29, 0.717) is 18.7 Å². The minimum absolute atomic E-state index is 0.0490. The van der Waals surface area contributed by atoms with Crippen molar-refractivity contribution in [2.45, 2.75) is 18.9 Å². The Bertz CT molecular complexity index is 624. The highest BCUT2D eigenvalue weighted by molar-refractivity contribution is 5.94. The molecule has 1 unspecified atom stereocenters. The summed E-state index contributed by atoms with van der Waals surface area (Å²) < 4.78 is 5.09. The number of carboxylic acids is 1. The van der Waals surface area contributed by atoms with E-state index in [0.717, 1.165) is 5.56 Å². The molecule has 8 heteroatoms. The van der Waals surface area contributed by atoms with Crippen LogP contribution in [0.25, 0.3) is 6.08 Å². The largest absolute Gasteiger partial charge is 0.497 e. The molecule has 0 spiro atoms. The van der Waals surface area contributed by atoms with E-state index in [1.54, 1.807) is 37.5 Å². The molecule has 24 heavy (non-hydrogen) atoms. The van der Waals surface area contributed by atoms with E-state index >= 15 is 0 Å². The van der Waals surface area contributed by atoms with Crippen LogP contribution in [0.4, 0.5) is 0 Å². The molecule has 0 aromatic heterocycles. The quantitative estimate of drug-likeness (QED) is 0.222. The van der Waals surface area contributed by atoms with Gasteiger partial charge in [0.25, 0.3) is 0 Å². The highest BCUT2D eigenvalue weighted by Gasteiger charge is 2.18. The third kappa shape index (κ3) is 7.30.